The van der Waals surface area contributed by atoms with E-state index in [1.165, 1.54) is 6.42 Å². The normalized spacial score (nSPS) is 30.7. The van der Waals surface area contributed by atoms with E-state index in [9.17, 15) is 0 Å². The van der Waals surface area contributed by atoms with Crippen LogP contribution in [0.1, 0.15) is 20.3 Å². The lowest BCUT2D eigenvalue weighted by molar-refractivity contribution is 0.318. The van der Waals surface area contributed by atoms with Gasteiger partial charge in [0.05, 0.1) is 0 Å². The molecule has 2 nitrogen and oxygen atoms in total. The van der Waals surface area contributed by atoms with Crippen LogP contribution in [-0.2, 0) is 0 Å². The molecule has 1 fully saturated rings. The highest BCUT2D eigenvalue weighted by Crippen LogP contribution is 2.27. The van der Waals surface area contributed by atoms with E-state index in [0.717, 1.165) is 12.0 Å². The van der Waals surface area contributed by atoms with Gasteiger partial charge in [0.15, 0.2) is 0 Å². The summed E-state index contributed by atoms with van der Waals surface area (Å²) in [6.45, 7) is 4.20. The first-order valence-electron chi connectivity index (χ1n) is 3.54. The van der Waals surface area contributed by atoms with E-state index in [-0.39, 0.29) is 6.61 Å². The van der Waals surface area contributed by atoms with Crippen LogP contribution in [0.15, 0.2) is 0 Å². The summed E-state index contributed by atoms with van der Waals surface area (Å²) in [6.07, 6.45) is 1.39. The van der Waals surface area contributed by atoms with E-state index in [1.54, 1.807) is 6.92 Å². The Morgan fingerprint density at radius 3 is 2.00 bits per heavy atom. The molecule has 2 heteroatoms. The third-order valence-corrected chi connectivity index (χ3v) is 1.48. The van der Waals surface area contributed by atoms with Gasteiger partial charge in [-0.25, -0.2) is 0 Å². The third kappa shape index (κ3) is 4.43. The van der Waals surface area contributed by atoms with Crippen LogP contribution in [0.5, 0.6) is 0 Å². The average molecular weight is 131 g/mol. The van der Waals surface area contributed by atoms with Crippen LogP contribution in [0.25, 0.3) is 0 Å². The molecule has 0 aliphatic heterocycles. The van der Waals surface area contributed by atoms with E-state index in [2.05, 4.69) is 12.2 Å². The topological polar surface area (TPSA) is 32.3 Å². The second-order valence-electron chi connectivity index (χ2n) is 2.42. The van der Waals surface area contributed by atoms with Crippen molar-refractivity contribution in [2.24, 2.45) is 5.92 Å². The first kappa shape index (κ1) is 8.92. The molecule has 9 heavy (non-hydrogen) atoms. The first-order chi connectivity index (χ1) is 4.26. The molecule has 0 saturated heterocycles. The number of rotatable bonds is 1. The van der Waals surface area contributed by atoms with Crippen molar-refractivity contribution in [1.82, 2.24) is 5.32 Å². The smallest absolute Gasteiger partial charge is 0.0402 e. The molecule has 0 bridgehead atoms. The summed E-state index contributed by atoms with van der Waals surface area (Å²) in [5, 5.41) is 10.8. The van der Waals surface area contributed by atoms with Gasteiger partial charge < -0.3 is 10.4 Å². The largest absolute Gasteiger partial charge is 0.397 e. The number of aliphatic hydroxyl groups is 1. The van der Waals surface area contributed by atoms with Gasteiger partial charge in [-0.05, 0) is 26.3 Å². The molecule has 1 saturated carbocycles. The second-order valence-corrected chi connectivity index (χ2v) is 2.42. The maximum Gasteiger partial charge on any atom is 0.0402 e. The molecule has 0 aromatic rings. The minimum absolute atomic E-state index is 0.250. The van der Waals surface area contributed by atoms with Gasteiger partial charge in [0.25, 0.3) is 0 Å². The summed E-state index contributed by atoms with van der Waals surface area (Å²) in [7, 11) is 2.02. The van der Waals surface area contributed by atoms with Crippen LogP contribution in [0.2, 0.25) is 0 Å². The fourth-order valence-corrected chi connectivity index (χ4v) is 0.724. The van der Waals surface area contributed by atoms with Crippen LogP contribution in [0, 0.1) is 5.92 Å². The number of aliphatic hydroxyl groups excluding tert-OH is 1. The van der Waals surface area contributed by atoms with Gasteiger partial charge in [-0.3, -0.25) is 0 Å². The molecule has 0 aromatic carbocycles. The zero-order valence-corrected chi connectivity index (χ0v) is 6.52. The van der Waals surface area contributed by atoms with Gasteiger partial charge in [0, 0.05) is 12.6 Å². The third-order valence-electron chi connectivity index (χ3n) is 1.48. The zero-order valence-electron chi connectivity index (χ0n) is 6.52. The van der Waals surface area contributed by atoms with Crippen molar-refractivity contribution in [3.63, 3.8) is 0 Å². The first-order valence-corrected chi connectivity index (χ1v) is 3.54. The molecule has 0 radical (unpaired) electrons. The minimum Gasteiger partial charge on any atom is -0.397 e. The van der Waals surface area contributed by atoms with E-state index in [0.29, 0.717) is 0 Å². The Hall–Kier alpha value is -0.0800. The van der Waals surface area contributed by atoms with Crippen molar-refractivity contribution in [3.8, 4) is 0 Å². The number of hydrogen-bond donors (Lipinski definition) is 2. The predicted octanol–water partition coefficient (Wildman–Crippen LogP) is 0.613. The fraction of sp³-hybridized carbons (Fsp3) is 1.00. The van der Waals surface area contributed by atoms with Gasteiger partial charge in [0.2, 0.25) is 0 Å². The summed E-state index contributed by atoms with van der Waals surface area (Å²) in [5.74, 6) is 0.954. The average Bonchev–Trinajstić information content (AvgIpc) is 2.49. The summed E-state index contributed by atoms with van der Waals surface area (Å²) in [4.78, 5) is 0. The minimum atomic E-state index is 0.250. The van der Waals surface area contributed by atoms with Crippen molar-refractivity contribution in [3.05, 3.63) is 0 Å². The van der Waals surface area contributed by atoms with Gasteiger partial charge in [-0.2, -0.15) is 0 Å². The Bertz CT molecular complexity index is 63.9. The molecular formula is C7H17NO. The number of nitrogens with one attached hydrogen (secondary N) is 1. The quantitative estimate of drug-likeness (QED) is 0.546. The highest BCUT2D eigenvalue weighted by Gasteiger charge is 2.29. The molecule has 1 aliphatic carbocycles. The van der Waals surface area contributed by atoms with Crippen molar-refractivity contribution in [2.45, 2.75) is 26.3 Å². The maximum atomic E-state index is 7.57. The Kier molecular flexibility index (Phi) is 4.72. The van der Waals surface area contributed by atoms with Crippen LogP contribution in [-0.4, -0.2) is 24.8 Å². The molecule has 0 aromatic heterocycles. The Morgan fingerprint density at radius 1 is 1.67 bits per heavy atom. The second kappa shape index (κ2) is 4.77. The van der Waals surface area contributed by atoms with Gasteiger partial charge in [0.1, 0.15) is 0 Å². The molecule has 2 atom stereocenters. The van der Waals surface area contributed by atoms with E-state index < -0.39 is 0 Å². The highest BCUT2D eigenvalue weighted by molar-refractivity contribution is 4.87. The van der Waals surface area contributed by atoms with Crippen LogP contribution in [0.4, 0.5) is 0 Å². The predicted molar refractivity (Wildman–Crippen MR) is 39.4 cm³/mol. The lowest BCUT2D eigenvalue weighted by atomic mass is 10.5. The van der Waals surface area contributed by atoms with E-state index >= 15 is 0 Å². The van der Waals surface area contributed by atoms with Crippen molar-refractivity contribution in [1.29, 1.82) is 0 Å². The fourth-order valence-electron chi connectivity index (χ4n) is 0.724. The summed E-state index contributed by atoms with van der Waals surface area (Å²) >= 11 is 0. The molecule has 1 rings (SSSR count). The molecule has 1 aliphatic rings. The molecule has 0 heterocycles. The standard InChI is InChI=1S/C5H11N.C2H6O/c1-4-3-5(4)6-2;1-2-3/h4-6H,3H2,1-2H3;3H,2H2,1H3. The monoisotopic (exact) mass is 131 g/mol. The van der Waals surface area contributed by atoms with Crippen LogP contribution < -0.4 is 5.32 Å². The van der Waals surface area contributed by atoms with E-state index in [4.69, 9.17) is 5.11 Å². The molecular weight excluding hydrogens is 114 g/mol. The summed E-state index contributed by atoms with van der Waals surface area (Å²) < 4.78 is 0. The molecule has 56 valence electrons. The Labute approximate surface area is 57.3 Å². The molecule has 0 spiro atoms. The maximum absolute atomic E-state index is 7.57. The number of hydrogen-bond acceptors (Lipinski definition) is 2. The lowest BCUT2D eigenvalue weighted by Gasteiger charge is -1.84. The van der Waals surface area contributed by atoms with Gasteiger partial charge in [-0.1, -0.05) is 6.92 Å². The van der Waals surface area contributed by atoms with Crippen LogP contribution in [0.3, 0.4) is 0 Å². The molecule has 2 unspecified atom stereocenters. The highest BCUT2D eigenvalue weighted by atomic mass is 16.2. The summed E-state index contributed by atoms with van der Waals surface area (Å²) in [5.41, 5.74) is 0. The van der Waals surface area contributed by atoms with Gasteiger partial charge >= 0.3 is 0 Å². The Balaban J connectivity index is 0.000000187. The summed E-state index contributed by atoms with van der Waals surface area (Å²) in [6, 6.07) is 0.852. The van der Waals surface area contributed by atoms with E-state index in [1.807, 2.05) is 7.05 Å². The lowest BCUT2D eigenvalue weighted by Crippen LogP contribution is -2.09. The van der Waals surface area contributed by atoms with Crippen molar-refractivity contribution < 1.29 is 5.11 Å². The SMILES string of the molecule is CCO.CNC1CC1C. The van der Waals surface area contributed by atoms with Crippen LogP contribution >= 0.6 is 0 Å². The van der Waals surface area contributed by atoms with Crippen molar-refractivity contribution >= 4 is 0 Å². The molecule has 0 amide bonds. The molecule has 2 N–H and O–H groups in total. The van der Waals surface area contributed by atoms with Crippen molar-refractivity contribution in [2.75, 3.05) is 13.7 Å². The Morgan fingerprint density at radius 2 is 2.00 bits per heavy atom. The van der Waals surface area contributed by atoms with Gasteiger partial charge in [-0.15, -0.1) is 0 Å². The zero-order chi connectivity index (χ0) is 7.28.